The normalized spacial score (nSPS) is 11.6. The second kappa shape index (κ2) is 7.45. The van der Waals surface area contributed by atoms with Crippen molar-refractivity contribution < 1.29 is 0 Å². The fourth-order valence-electron chi connectivity index (χ4n) is 1.76. The molecule has 0 amide bonds. The van der Waals surface area contributed by atoms with E-state index in [9.17, 15) is 0 Å². The van der Waals surface area contributed by atoms with E-state index >= 15 is 0 Å². The van der Waals surface area contributed by atoms with E-state index in [4.69, 9.17) is 0 Å². The van der Waals surface area contributed by atoms with Crippen molar-refractivity contribution in [1.29, 1.82) is 0 Å². The van der Waals surface area contributed by atoms with Crippen LogP contribution in [0.5, 0.6) is 0 Å². The third-order valence-corrected chi connectivity index (χ3v) is 3.01. The second-order valence-corrected chi connectivity index (χ2v) is 4.63. The predicted octanol–water partition coefficient (Wildman–Crippen LogP) is 1.90. The molecule has 0 aliphatic carbocycles. The van der Waals surface area contributed by atoms with Crippen LogP contribution in [0.15, 0.2) is 12.4 Å². The smallest absolute Gasteiger partial charge is 0.0534 e. The third kappa shape index (κ3) is 4.88. The van der Waals surface area contributed by atoms with Gasteiger partial charge in [0.25, 0.3) is 0 Å². The summed E-state index contributed by atoms with van der Waals surface area (Å²) in [6.07, 6.45) is 4.07. The first-order valence-electron chi connectivity index (χ1n) is 6.63. The molecule has 1 rings (SSSR count). The molecule has 1 aromatic rings. The van der Waals surface area contributed by atoms with Gasteiger partial charge < -0.3 is 10.2 Å². The molecule has 0 aliphatic heterocycles. The molecule has 0 aliphatic rings. The fourth-order valence-corrected chi connectivity index (χ4v) is 1.76. The summed E-state index contributed by atoms with van der Waals surface area (Å²) in [5.41, 5.74) is 1.26. The molecular formula is C13H26N4. The molecule has 4 nitrogen and oxygen atoms in total. The maximum absolute atomic E-state index is 4.33. The Labute approximate surface area is 105 Å². The summed E-state index contributed by atoms with van der Waals surface area (Å²) in [6.45, 7) is 14.0. The molecule has 98 valence electrons. The number of hydrogen-bond donors (Lipinski definition) is 1. The molecule has 1 N–H and O–H groups in total. The Kier molecular flexibility index (Phi) is 6.22. The van der Waals surface area contributed by atoms with E-state index in [0.717, 1.165) is 32.7 Å². The minimum Gasteiger partial charge on any atom is -0.311 e. The van der Waals surface area contributed by atoms with Crippen molar-refractivity contribution in [2.45, 2.75) is 40.3 Å². The van der Waals surface area contributed by atoms with Gasteiger partial charge >= 0.3 is 0 Å². The van der Waals surface area contributed by atoms with Crippen molar-refractivity contribution in [2.75, 3.05) is 26.2 Å². The molecule has 0 saturated carbocycles. The lowest BCUT2D eigenvalue weighted by molar-refractivity contribution is 0.302. The standard InChI is InChI=1S/C13H26N4/c1-5-16(6-2)8-7-14-9-13-10-15-17(11-13)12(3)4/h10-12,14H,5-9H2,1-4H3. The van der Waals surface area contributed by atoms with Crippen LogP contribution < -0.4 is 5.32 Å². The SMILES string of the molecule is CCN(CC)CCNCc1cnn(C(C)C)c1. The highest BCUT2D eigenvalue weighted by Gasteiger charge is 2.02. The van der Waals surface area contributed by atoms with Gasteiger partial charge in [0.05, 0.1) is 6.20 Å². The second-order valence-electron chi connectivity index (χ2n) is 4.63. The first-order valence-corrected chi connectivity index (χ1v) is 6.63. The summed E-state index contributed by atoms with van der Waals surface area (Å²) in [7, 11) is 0. The van der Waals surface area contributed by atoms with Crippen molar-refractivity contribution in [3.63, 3.8) is 0 Å². The van der Waals surface area contributed by atoms with Crippen LogP contribution in [0.4, 0.5) is 0 Å². The van der Waals surface area contributed by atoms with Crippen LogP contribution in [-0.2, 0) is 6.54 Å². The molecule has 17 heavy (non-hydrogen) atoms. The molecule has 0 bridgehead atoms. The zero-order valence-corrected chi connectivity index (χ0v) is 11.6. The number of aromatic nitrogens is 2. The summed E-state index contributed by atoms with van der Waals surface area (Å²) in [6, 6.07) is 0.444. The minimum atomic E-state index is 0.444. The van der Waals surface area contributed by atoms with Gasteiger partial charge in [0.15, 0.2) is 0 Å². The lowest BCUT2D eigenvalue weighted by atomic mass is 10.3. The average Bonchev–Trinajstić information content (AvgIpc) is 2.78. The third-order valence-electron chi connectivity index (χ3n) is 3.01. The van der Waals surface area contributed by atoms with Crippen LogP contribution >= 0.6 is 0 Å². The van der Waals surface area contributed by atoms with Crippen LogP contribution in [-0.4, -0.2) is 40.9 Å². The highest BCUT2D eigenvalue weighted by Crippen LogP contribution is 2.04. The molecule has 0 spiro atoms. The quantitative estimate of drug-likeness (QED) is 0.702. The highest BCUT2D eigenvalue weighted by molar-refractivity contribution is 5.03. The molecule has 4 heteroatoms. The van der Waals surface area contributed by atoms with Gasteiger partial charge in [0, 0.05) is 37.4 Å². The van der Waals surface area contributed by atoms with Gasteiger partial charge in [-0.25, -0.2) is 0 Å². The number of likely N-dealkylation sites (N-methyl/N-ethyl adjacent to an activating group) is 1. The Morgan fingerprint density at radius 3 is 2.59 bits per heavy atom. The zero-order valence-electron chi connectivity index (χ0n) is 11.6. The maximum atomic E-state index is 4.33. The minimum absolute atomic E-state index is 0.444. The van der Waals surface area contributed by atoms with Gasteiger partial charge in [-0.3, -0.25) is 4.68 Å². The Hall–Kier alpha value is -0.870. The molecule has 0 unspecified atom stereocenters. The lowest BCUT2D eigenvalue weighted by Crippen LogP contribution is -2.31. The molecule has 0 aromatic carbocycles. The van der Waals surface area contributed by atoms with Gasteiger partial charge in [-0.2, -0.15) is 5.10 Å². The van der Waals surface area contributed by atoms with Gasteiger partial charge in [0.2, 0.25) is 0 Å². The van der Waals surface area contributed by atoms with E-state index in [1.54, 1.807) is 0 Å². The van der Waals surface area contributed by atoms with Crippen LogP contribution in [0.2, 0.25) is 0 Å². The Morgan fingerprint density at radius 2 is 2.06 bits per heavy atom. The van der Waals surface area contributed by atoms with Crippen LogP contribution in [0, 0.1) is 0 Å². The average molecular weight is 238 g/mol. The van der Waals surface area contributed by atoms with E-state index in [-0.39, 0.29) is 0 Å². The van der Waals surface area contributed by atoms with E-state index in [1.807, 2.05) is 10.9 Å². The predicted molar refractivity (Wildman–Crippen MR) is 72.1 cm³/mol. The first-order chi connectivity index (χ1) is 8.17. The summed E-state index contributed by atoms with van der Waals surface area (Å²) >= 11 is 0. The van der Waals surface area contributed by atoms with E-state index in [0.29, 0.717) is 6.04 Å². The molecule has 0 atom stereocenters. The fraction of sp³-hybridized carbons (Fsp3) is 0.769. The van der Waals surface area contributed by atoms with Crippen LogP contribution in [0.3, 0.4) is 0 Å². The number of nitrogens with zero attached hydrogens (tertiary/aromatic N) is 3. The van der Waals surface area contributed by atoms with Gasteiger partial charge in [-0.1, -0.05) is 13.8 Å². The molecule has 0 fully saturated rings. The summed E-state index contributed by atoms with van der Waals surface area (Å²) in [5, 5.41) is 7.79. The molecular weight excluding hydrogens is 212 g/mol. The molecule has 1 aromatic heterocycles. The van der Waals surface area contributed by atoms with Gasteiger partial charge in [-0.05, 0) is 26.9 Å². The number of hydrogen-bond acceptors (Lipinski definition) is 3. The Balaban J connectivity index is 2.21. The van der Waals surface area contributed by atoms with Crippen molar-refractivity contribution in [3.05, 3.63) is 18.0 Å². The summed E-state index contributed by atoms with van der Waals surface area (Å²) in [5.74, 6) is 0. The Bertz CT molecular complexity index is 302. The van der Waals surface area contributed by atoms with Crippen molar-refractivity contribution in [2.24, 2.45) is 0 Å². The summed E-state index contributed by atoms with van der Waals surface area (Å²) in [4.78, 5) is 2.42. The lowest BCUT2D eigenvalue weighted by Gasteiger charge is -2.17. The molecule has 1 heterocycles. The first kappa shape index (κ1) is 14.2. The van der Waals surface area contributed by atoms with Crippen molar-refractivity contribution in [3.8, 4) is 0 Å². The van der Waals surface area contributed by atoms with E-state index in [2.05, 4.69) is 49.2 Å². The monoisotopic (exact) mass is 238 g/mol. The van der Waals surface area contributed by atoms with Gasteiger partial charge in [0.1, 0.15) is 0 Å². The summed E-state index contributed by atoms with van der Waals surface area (Å²) < 4.78 is 2.00. The van der Waals surface area contributed by atoms with Crippen LogP contribution in [0.1, 0.15) is 39.3 Å². The highest BCUT2D eigenvalue weighted by atomic mass is 15.3. The Morgan fingerprint density at radius 1 is 1.35 bits per heavy atom. The van der Waals surface area contributed by atoms with E-state index in [1.165, 1.54) is 5.56 Å². The van der Waals surface area contributed by atoms with Gasteiger partial charge in [-0.15, -0.1) is 0 Å². The molecule has 0 saturated heterocycles. The van der Waals surface area contributed by atoms with Crippen molar-refractivity contribution in [1.82, 2.24) is 20.0 Å². The topological polar surface area (TPSA) is 33.1 Å². The van der Waals surface area contributed by atoms with Crippen molar-refractivity contribution >= 4 is 0 Å². The number of rotatable bonds is 8. The number of nitrogens with one attached hydrogen (secondary N) is 1. The van der Waals surface area contributed by atoms with E-state index < -0.39 is 0 Å². The largest absolute Gasteiger partial charge is 0.311 e. The zero-order chi connectivity index (χ0) is 12.7. The molecule has 0 radical (unpaired) electrons. The maximum Gasteiger partial charge on any atom is 0.0534 e. The van der Waals surface area contributed by atoms with Crippen LogP contribution in [0.25, 0.3) is 0 Å².